The predicted octanol–water partition coefficient (Wildman–Crippen LogP) is 3.60. The van der Waals surface area contributed by atoms with Crippen molar-refractivity contribution in [2.45, 2.75) is 25.4 Å². The third kappa shape index (κ3) is 4.11. The van der Waals surface area contributed by atoms with E-state index in [0.29, 0.717) is 36.0 Å². The molecule has 0 amide bonds. The van der Waals surface area contributed by atoms with E-state index in [0.717, 1.165) is 11.1 Å². The highest BCUT2D eigenvalue weighted by Crippen LogP contribution is 2.42. The zero-order valence-electron chi connectivity index (χ0n) is 15.5. The first-order chi connectivity index (χ1) is 13.7. The van der Waals surface area contributed by atoms with E-state index in [9.17, 15) is 5.11 Å². The number of aliphatic hydroxyl groups is 1. The van der Waals surface area contributed by atoms with Crippen molar-refractivity contribution in [3.05, 3.63) is 89.5 Å². The molecule has 144 valence electrons. The maximum absolute atomic E-state index is 10.1. The number of fused-ring (bicyclic) bond motifs is 1. The van der Waals surface area contributed by atoms with Gasteiger partial charge in [-0.2, -0.15) is 0 Å². The number of ether oxygens (including phenoxy) is 3. The maximum Gasteiger partial charge on any atom is 0.166 e. The van der Waals surface area contributed by atoms with Crippen molar-refractivity contribution in [2.75, 3.05) is 6.61 Å². The fraction of sp³-hybridized carbons (Fsp3) is 0.217. The molecule has 1 aliphatic rings. The molecule has 4 rings (SSSR count). The minimum Gasteiger partial charge on any atom is -0.489 e. The normalized spacial score (nSPS) is 18.1. The Morgan fingerprint density at radius 1 is 0.893 bits per heavy atom. The Kier molecular flexibility index (Phi) is 5.46. The Balaban J connectivity index is 1.59. The Hall–Kier alpha value is -3.02. The average Bonchev–Trinajstić information content (AvgIpc) is 2.75. The molecule has 1 heterocycles. The van der Waals surface area contributed by atoms with Crippen molar-refractivity contribution in [3.63, 3.8) is 0 Å². The SMILES string of the molecule is NC1c2cc(OCc3ccccc3)cc(OCc3ccccc3)c2OCC1O. The zero-order chi connectivity index (χ0) is 19.3. The Morgan fingerprint density at radius 2 is 1.50 bits per heavy atom. The molecule has 3 aromatic carbocycles. The highest BCUT2D eigenvalue weighted by Gasteiger charge is 2.30. The molecule has 1 aliphatic heterocycles. The Labute approximate surface area is 164 Å². The molecule has 5 nitrogen and oxygen atoms in total. The van der Waals surface area contributed by atoms with Crippen LogP contribution in [0.5, 0.6) is 17.2 Å². The molecule has 28 heavy (non-hydrogen) atoms. The van der Waals surface area contributed by atoms with Crippen LogP contribution in [0.1, 0.15) is 22.7 Å². The van der Waals surface area contributed by atoms with Gasteiger partial charge in [-0.05, 0) is 17.2 Å². The van der Waals surface area contributed by atoms with Gasteiger partial charge in [-0.15, -0.1) is 0 Å². The smallest absolute Gasteiger partial charge is 0.166 e. The van der Waals surface area contributed by atoms with Crippen molar-refractivity contribution in [1.29, 1.82) is 0 Å². The van der Waals surface area contributed by atoms with Crippen LogP contribution in [0.25, 0.3) is 0 Å². The summed E-state index contributed by atoms with van der Waals surface area (Å²) in [4.78, 5) is 0. The van der Waals surface area contributed by atoms with Gasteiger partial charge in [-0.25, -0.2) is 0 Å². The second-order valence-electron chi connectivity index (χ2n) is 6.79. The summed E-state index contributed by atoms with van der Waals surface area (Å²) in [5.41, 5.74) is 9.00. The molecule has 5 heteroatoms. The van der Waals surface area contributed by atoms with Crippen LogP contribution in [-0.2, 0) is 13.2 Å². The van der Waals surface area contributed by atoms with Crippen LogP contribution >= 0.6 is 0 Å². The van der Waals surface area contributed by atoms with E-state index in [1.165, 1.54) is 0 Å². The molecule has 2 atom stereocenters. The van der Waals surface area contributed by atoms with Gasteiger partial charge < -0.3 is 25.1 Å². The van der Waals surface area contributed by atoms with E-state index in [4.69, 9.17) is 19.9 Å². The molecule has 0 fully saturated rings. The van der Waals surface area contributed by atoms with Gasteiger partial charge in [0.2, 0.25) is 0 Å². The third-order valence-electron chi connectivity index (χ3n) is 4.71. The van der Waals surface area contributed by atoms with Gasteiger partial charge in [0.05, 0.1) is 6.04 Å². The largest absolute Gasteiger partial charge is 0.489 e. The van der Waals surface area contributed by atoms with Gasteiger partial charge in [-0.1, -0.05) is 60.7 Å². The Bertz CT molecular complexity index is 915. The lowest BCUT2D eigenvalue weighted by Gasteiger charge is -2.29. The summed E-state index contributed by atoms with van der Waals surface area (Å²) < 4.78 is 17.7. The summed E-state index contributed by atoms with van der Waals surface area (Å²) in [6.45, 7) is 0.965. The first kappa shape index (κ1) is 18.3. The first-order valence-electron chi connectivity index (χ1n) is 9.28. The summed E-state index contributed by atoms with van der Waals surface area (Å²) in [6.07, 6.45) is -0.765. The number of benzene rings is 3. The van der Waals surface area contributed by atoms with E-state index >= 15 is 0 Å². The molecular weight excluding hydrogens is 354 g/mol. The van der Waals surface area contributed by atoms with E-state index in [-0.39, 0.29) is 6.61 Å². The van der Waals surface area contributed by atoms with Crippen molar-refractivity contribution in [3.8, 4) is 17.2 Å². The van der Waals surface area contributed by atoms with Crippen LogP contribution in [0.4, 0.5) is 0 Å². The van der Waals surface area contributed by atoms with Gasteiger partial charge in [0.15, 0.2) is 11.5 Å². The van der Waals surface area contributed by atoms with Crippen LogP contribution in [-0.4, -0.2) is 17.8 Å². The minimum atomic E-state index is -0.765. The number of nitrogens with two attached hydrogens (primary N) is 1. The molecule has 0 aromatic heterocycles. The fourth-order valence-corrected chi connectivity index (χ4v) is 3.15. The summed E-state index contributed by atoms with van der Waals surface area (Å²) in [7, 11) is 0. The lowest BCUT2D eigenvalue weighted by molar-refractivity contribution is 0.0648. The second-order valence-corrected chi connectivity index (χ2v) is 6.79. The molecule has 0 spiro atoms. The Morgan fingerprint density at radius 3 is 2.14 bits per heavy atom. The molecule has 0 bridgehead atoms. The van der Waals surface area contributed by atoms with E-state index < -0.39 is 12.1 Å². The first-order valence-corrected chi connectivity index (χ1v) is 9.28. The molecule has 3 aromatic rings. The number of hydrogen-bond donors (Lipinski definition) is 2. The molecule has 3 N–H and O–H groups in total. The second kappa shape index (κ2) is 8.33. The monoisotopic (exact) mass is 377 g/mol. The molecule has 0 aliphatic carbocycles. The molecule has 2 unspecified atom stereocenters. The lowest BCUT2D eigenvalue weighted by Crippen LogP contribution is -2.35. The minimum absolute atomic E-state index is 0.139. The van der Waals surface area contributed by atoms with Gasteiger partial charge in [0.1, 0.15) is 31.7 Å². The average molecular weight is 377 g/mol. The van der Waals surface area contributed by atoms with Crippen molar-refractivity contribution >= 4 is 0 Å². The quantitative estimate of drug-likeness (QED) is 0.687. The van der Waals surface area contributed by atoms with Crippen LogP contribution in [0.3, 0.4) is 0 Å². The molecule has 0 saturated heterocycles. The predicted molar refractivity (Wildman–Crippen MR) is 106 cm³/mol. The summed E-state index contributed by atoms with van der Waals surface area (Å²) in [5.74, 6) is 1.76. The number of aliphatic hydroxyl groups excluding tert-OH is 1. The number of rotatable bonds is 6. The van der Waals surface area contributed by atoms with Crippen LogP contribution in [0.15, 0.2) is 72.8 Å². The van der Waals surface area contributed by atoms with Gasteiger partial charge in [0, 0.05) is 11.6 Å². The van der Waals surface area contributed by atoms with Crippen molar-refractivity contribution in [2.24, 2.45) is 5.73 Å². The topological polar surface area (TPSA) is 73.9 Å². The van der Waals surface area contributed by atoms with Gasteiger partial charge in [0.25, 0.3) is 0 Å². The van der Waals surface area contributed by atoms with Crippen molar-refractivity contribution in [1.82, 2.24) is 0 Å². The number of hydrogen-bond acceptors (Lipinski definition) is 5. The fourth-order valence-electron chi connectivity index (χ4n) is 3.15. The molecule has 0 radical (unpaired) electrons. The summed E-state index contributed by atoms with van der Waals surface area (Å²) in [6, 6.07) is 22.9. The van der Waals surface area contributed by atoms with E-state index in [1.807, 2.05) is 72.8 Å². The third-order valence-corrected chi connectivity index (χ3v) is 4.71. The molecular formula is C23H23NO4. The highest BCUT2D eigenvalue weighted by molar-refractivity contribution is 5.54. The van der Waals surface area contributed by atoms with Crippen molar-refractivity contribution < 1.29 is 19.3 Å². The van der Waals surface area contributed by atoms with Gasteiger partial charge in [-0.3, -0.25) is 0 Å². The standard InChI is InChI=1S/C23H23NO4/c24-22-19-11-18(26-13-16-7-3-1-4-8-16)12-21(23(19)28-15-20(22)25)27-14-17-9-5-2-6-10-17/h1-12,20,22,25H,13-15,24H2. The van der Waals surface area contributed by atoms with Crippen LogP contribution < -0.4 is 19.9 Å². The zero-order valence-corrected chi connectivity index (χ0v) is 15.5. The van der Waals surface area contributed by atoms with Crippen LogP contribution in [0, 0.1) is 0 Å². The van der Waals surface area contributed by atoms with E-state index in [1.54, 1.807) is 0 Å². The summed E-state index contributed by atoms with van der Waals surface area (Å²) in [5, 5.41) is 10.1. The lowest BCUT2D eigenvalue weighted by atomic mass is 9.98. The maximum atomic E-state index is 10.1. The van der Waals surface area contributed by atoms with E-state index in [2.05, 4.69) is 0 Å². The summed E-state index contributed by atoms with van der Waals surface area (Å²) >= 11 is 0. The highest BCUT2D eigenvalue weighted by atomic mass is 16.5. The van der Waals surface area contributed by atoms with Crippen LogP contribution in [0.2, 0.25) is 0 Å². The van der Waals surface area contributed by atoms with Gasteiger partial charge >= 0.3 is 0 Å². The molecule has 0 saturated carbocycles.